The van der Waals surface area contributed by atoms with Gasteiger partial charge in [0.1, 0.15) is 23.1 Å². The third-order valence-corrected chi connectivity index (χ3v) is 6.36. The maximum atomic E-state index is 15.2. The molecular weight excluding hydrogens is 473 g/mol. The third-order valence-electron chi connectivity index (χ3n) is 6.36. The van der Waals surface area contributed by atoms with Crippen LogP contribution in [0.1, 0.15) is 32.0 Å². The zero-order chi connectivity index (χ0) is 25.7. The average Bonchev–Trinajstić information content (AvgIpc) is 3.45. The van der Waals surface area contributed by atoms with Gasteiger partial charge in [-0.05, 0) is 51.1 Å². The van der Waals surface area contributed by atoms with Crippen molar-refractivity contribution < 1.29 is 27.8 Å². The Morgan fingerprint density at radius 2 is 1.69 bits per heavy atom. The van der Waals surface area contributed by atoms with Gasteiger partial charge in [0, 0.05) is 17.1 Å². The van der Waals surface area contributed by atoms with E-state index in [2.05, 4.69) is 15.3 Å². The number of ether oxygens (including phenoxy) is 2. The van der Waals surface area contributed by atoms with Gasteiger partial charge in [-0.15, -0.1) is 0 Å². The van der Waals surface area contributed by atoms with E-state index in [1.54, 1.807) is 26.8 Å². The summed E-state index contributed by atoms with van der Waals surface area (Å²) in [4.78, 5) is 8.87. The summed E-state index contributed by atoms with van der Waals surface area (Å²) in [5.74, 6) is -3.51. The maximum Gasteiger partial charge on any atom is 0.238 e. The minimum atomic E-state index is -1.57. The SMILES string of the molecule is CC(Nc1ncc2cc(C3(c4ccc(F)cc4)OCCO3)n(-c3c(F)cccc3F)c2n1)C(C)(C)O. The molecule has 2 aromatic carbocycles. The molecule has 3 heterocycles. The van der Waals surface area contributed by atoms with Gasteiger partial charge in [-0.25, -0.2) is 18.2 Å². The molecule has 1 aliphatic heterocycles. The number of fused-ring (bicyclic) bond motifs is 1. The van der Waals surface area contributed by atoms with Crippen molar-refractivity contribution in [3.8, 4) is 5.69 Å². The van der Waals surface area contributed by atoms with Gasteiger partial charge in [-0.1, -0.05) is 18.2 Å². The highest BCUT2D eigenvalue weighted by Gasteiger charge is 2.45. The van der Waals surface area contributed by atoms with Crippen molar-refractivity contribution in [1.29, 1.82) is 0 Å². The molecule has 5 rings (SSSR count). The second-order valence-corrected chi connectivity index (χ2v) is 9.25. The lowest BCUT2D eigenvalue weighted by Gasteiger charge is -2.29. The highest BCUT2D eigenvalue weighted by Crippen LogP contribution is 2.42. The number of nitrogens with zero attached hydrogens (tertiary/aromatic N) is 3. The number of aromatic nitrogens is 3. The zero-order valence-corrected chi connectivity index (χ0v) is 19.9. The second-order valence-electron chi connectivity index (χ2n) is 9.25. The predicted molar refractivity (Wildman–Crippen MR) is 127 cm³/mol. The third kappa shape index (κ3) is 4.11. The molecule has 2 N–H and O–H groups in total. The van der Waals surface area contributed by atoms with Gasteiger partial charge < -0.3 is 19.9 Å². The Balaban J connectivity index is 1.78. The number of anilines is 1. The Morgan fingerprint density at radius 3 is 2.31 bits per heavy atom. The zero-order valence-electron chi connectivity index (χ0n) is 19.9. The molecular formula is C26H25F3N4O3. The summed E-state index contributed by atoms with van der Waals surface area (Å²) in [6, 6.07) is 10.3. The van der Waals surface area contributed by atoms with E-state index >= 15 is 8.78 Å². The van der Waals surface area contributed by atoms with E-state index in [4.69, 9.17) is 9.47 Å². The molecule has 0 aliphatic carbocycles. The average molecular weight is 499 g/mol. The Bertz CT molecular complexity index is 1390. The molecule has 1 aliphatic rings. The Labute approximate surface area is 205 Å². The largest absolute Gasteiger partial charge is 0.388 e. The van der Waals surface area contributed by atoms with Crippen LogP contribution in [0, 0.1) is 17.5 Å². The van der Waals surface area contributed by atoms with Crippen molar-refractivity contribution in [3.63, 3.8) is 0 Å². The molecule has 36 heavy (non-hydrogen) atoms. The van der Waals surface area contributed by atoms with Crippen LogP contribution in [0.25, 0.3) is 16.7 Å². The standard InChI is InChI=1S/C26H25F3N4O3/c1-15(25(2,3)34)31-24-30-14-16-13-21(26(35-11-12-36-26)17-7-9-18(27)10-8-17)33(23(16)32-24)22-19(28)5-4-6-20(22)29/h4-10,13-15,34H,11-12H2,1-3H3,(H,30,31,32). The van der Waals surface area contributed by atoms with Gasteiger partial charge in [-0.3, -0.25) is 4.57 Å². The van der Waals surface area contributed by atoms with Crippen LogP contribution in [-0.2, 0) is 15.3 Å². The second kappa shape index (κ2) is 8.88. The highest BCUT2D eigenvalue weighted by molar-refractivity contribution is 5.80. The quantitative estimate of drug-likeness (QED) is 0.403. The summed E-state index contributed by atoms with van der Waals surface area (Å²) in [7, 11) is 0. The lowest BCUT2D eigenvalue weighted by Crippen LogP contribution is -2.39. The first-order chi connectivity index (χ1) is 17.1. The molecule has 0 bridgehead atoms. The number of hydrogen-bond donors (Lipinski definition) is 2. The molecule has 10 heteroatoms. The van der Waals surface area contributed by atoms with Crippen LogP contribution in [0.2, 0.25) is 0 Å². The van der Waals surface area contributed by atoms with E-state index in [0.717, 1.165) is 12.1 Å². The van der Waals surface area contributed by atoms with Crippen molar-refractivity contribution in [3.05, 3.63) is 83.4 Å². The Morgan fingerprint density at radius 1 is 1.06 bits per heavy atom. The Hall–Kier alpha value is -3.47. The van der Waals surface area contributed by atoms with Crippen molar-refractivity contribution in [2.45, 2.75) is 38.2 Å². The van der Waals surface area contributed by atoms with Crippen LogP contribution in [0.15, 0.2) is 54.7 Å². The first-order valence-corrected chi connectivity index (χ1v) is 11.5. The van der Waals surface area contributed by atoms with Gasteiger partial charge >= 0.3 is 0 Å². The fraction of sp³-hybridized carbons (Fsp3) is 0.308. The van der Waals surface area contributed by atoms with Gasteiger partial charge in [0.15, 0.2) is 5.65 Å². The highest BCUT2D eigenvalue weighted by atomic mass is 19.1. The lowest BCUT2D eigenvalue weighted by molar-refractivity contribution is -0.133. The van der Waals surface area contributed by atoms with Crippen LogP contribution in [0.5, 0.6) is 0 Å². The number of benzene rings is 2. The summed E-state index contributed by atoms with van der Waals surface area (Å²) in [5.41, 5.74) is -0.573. The summed E-state index contributed by atoms with van der Waals surface area (Å²) in [6.45, 7) is 5.46. The molecule has 2 aromatic heterocycles. The molecule has 1 unspecified atom stereocenters. The topological polar surface area (TPSA) is 81.4 Å². The van der Waals surface area contributed by atoms with Gasteiger partial charge in [0.25, 0.3) is 0 Å². The smallest absolute Gasteiger partial charge is 0.238 e. The number of nitrogens with one attached hydrogen (secondary N) is 1. The number of halogens is 3. The molecule has 0 saturated carbocycles. The fourth-order valence-corrected chi connectivity index (χ4v) is 4.14. The fourth-order valence-electron chi connectivity index (χ4n) is 4.14. The predicted octanol–water partition coefficient (Wildman–Crippen LogP) is 4.66. The van der Waals surface area contributed by atoms with E-state index in [1.165, 1.54) is 41.1 Å². The summed E-state index contributed by atoms with van der Waals surface area (Å²) < 4.78 is 57.5. The minimum absolute atomic E-state index is 0.156. The monoisotopic (exact) mass is 498 g/mol. The van der Waals surface area contributed by atoms with E-state index in [1.807, 2.05) is 0 Å². The number of para-hydroxylation sites is 1. The van der Waals surface area contributed by atoms with E-state index in [-0.39, 0.29) is 36.2 Å². The van der Waals surface area contributed by atoms with Crippen molar-refractivity contribution in [2.24, 2.45) is 0 Å². The molecule has 1 fully saturated rings. The number of hydrogen-bond acceptors (Lipinski definition) is 6. The van der Waals surface area contributed by atoms with Gasteiger partial charge in [0.05, 0.1) is 30.6 Å². The number of rotatable bonds is 6. The first kappa shape index (κ1) is 24.2. The summed E-state index contributed by atoms with van der Waals surface area (Å²) >= 11 is 0. The van der Waals surface area contributed by atoms with Gasteiger partial charge in [0.2, 0.25) is 11.7 Å². The normalized spacial score (nSPS) is 16.4. The minimum Gasteiger partial charge on any atom is -0.388 e. The van der Waals surface area contributed by atoms with Crippen LogP contribution < -0.4 is 5.32 Å². The molecule has 0 amide bonds. The van der Waals surface area contributed by atoms with Crippen molar-refractivity contribution in [1.82, 2.24) is 14.5 Å². The summed E-state index contributed by atoms with van der Waals surface area (Å²) in [5, 5.41) is 13.8. The van der Waals surface area contributed by atoms with Crippen molar-refractivity contribution >= 4 is 17.0 Å². The molecule has 0 radical (unpaired) electrons. The number of aliphatic hydroxyl groups is 1. The molecule has 7 nitrogen and oxygen atoms in total. The molecule has 1 atom stereocenters. The molecule has 0 spiro atoms. The van der Waals surface area contributed by atoms with E-state index in [9.17, 15) is 9.50 Å². The van der Waals surface area contributed by atoms with Crippen LogP contribution in [0.4, 0.5) is 19.1 Å². The van der Waals surface area contributed by atoms with Crippen LogP contribution in [0.3, 0.4) is 0 Å². The van der Waals surface area contributed by atoms with E-state index < -0.39 is 34.9 Å². The maximum absolute atomic E-state index is 15.2. The van der Waals surface area contributed by atoms with Crippen LogP contribution in [-0.4, -0.2) is 44.5 Å². The molecule has 1 saturated heterocycles. The lowest BCUT2D eigenvalue weighted by atomic mass is 10.0. The molecule has 188 valence electrons. The van der Waals surface area contributed by atoms with E-state index in [0.29, 0.717) is 10.9 Å². The van der Waals surface area contributed by atoms with Crippen molar-refractivity contribution in [2.75, 3.05) is 18.5 Å². The summed E-state index contributed by atoms with van der Waals surface area (Å²) in [6.07, 6.45) is 1.51. The Kier molecular flexibility index (Phi) is 5.98. The van der Waals surface area contributed by atoms with Crippen LogP contribution >= 0.6 is 0 Å². The van der Waals surface area contributed by atoms with Gasteiger partial charge in [-0.2, -0.15) is 4.98 Å². The molecule has 4 aromatic rings. The first-order valence-electron chi connectivity index (χ1n) is 11.5.